The van der Waals surface area contributed by atoms with Crippen LogP contribution in [-0.2, 0) is 4.65 Å². The minimum atomic E-state index is 0.424. The first-order valence-electron chi connectivity index (χ1n) is 5.01. The molecule has 12 heavy (non-hydrogen) atoms. The van der Waals surface area contributed by atoms with Crippen molar-refractivity contribution in [2.75, 3.05) is 7.11 Å². The second-order valence-corrected chi connectivity index (χ2v) is 4.55. The summed E-state index contributed by atoms with van der Waals surface area (Å²) in [5.74, 6) is 2.08. The smallest absolute Gasteiger partial charge is 0.298 e. The minimum Gasteiger partial charge on any atom is -0.438 e. The summed E-state index contributed by atoms with van der Waals surface area (Å²) in [7, 11) is 1.82. The van der Waals surface area contributed by atoms with Crippen molar-refractivity contribution < 1.29 is 4.65 Å². The third-order valence-corrected chi connectivity index (χ3v) is 2.33. The lowest BCUT2D eigenvalue weighted by molar-refractivity contribution is 0.388. The summed E-state index contributed by atoms with van der Waals surface area (Å²) in [6.45, 7) is 11.7. The van der Waals surface area contributed by atoms with Gasteiger partial charge >= 0.3 is 0 Å². The van der Waals surface area contributed by atoms with Gasteiger partial charge in [-0.1, -0.05) is 41.0 Å². The summed E-state index contributed by atoms with van der Waals surface area (Å²) >= 11 is 0. The van der Waals surface area contributed by atoms with E-state index in [-0.39, 0.29) is 0 Å². The minimum absolute atomic E-state index is 0.424. The van der Waals surface area contributed by atoms with E-state index >= 15 is 0 Å². The molecule has 1 unspecified atom stereocenters. The van der Waals surface area contributed by atoms with Gasteiger partial charge in [-0.05, 0) is 17.6 Å². The lowest BCUT2D eigenvalue weighted by Gasteiger charge is -2.23. The molecule has 0 aromatic carbocycles. The first kappa shape index (κ1) is 12.0. The summed E-state index contributed by atoms with van der Waals surface area (Å²) in [6.07, 6.45) is 1.26. The van der Waals surface area contributed by atoms with Gasteiger partial charge < -0.3 is 4.65 Å². The fourth-order valence-corrected chi connectivity index (χ4v) is 2.04. The molecule has 0 aromatic rings. The average molecular weight is 170 g/mol. The molecular formula is C10H23BO. The Morgan fingerprint density at radius 3 is 1.83 bits per heavy atom. The number of rotatable bonds is 5. The fraction of sp³-hybridized carbons (Fsp3) is 1.00. The number of hydrogen-bond donors (Lipinski definition) is 0. The van der Waals surface area contributed by atoms with Gasteiger partial charge in [0.25, 0.3) is 6.92 Å². The van der Waals surface area contributed by atoms with Gasteiger partial charge in [-0.2, -0.15) is 0 Å². The van der Waals surface area contributed by atoms with Crippen molar-refractivity contribution >= 4 is 6.92 Å². The molecule has 0 radical (unpaired) electrons. The van der Waals surface area contributed by atoms with Gasteiger partial charge in [0.15, 0.2) is 0 Å². The topological polar surface area (TPSA) is 9.23 Å². The molecule has 0 rings (SSSR count). The van der Waals surface area contributed by atoms with Crippen molar-refractivity contribution in [1.82, 2.24) is 0 Å². The summed E-state index contributed by atoms with van der Waals surface area (Å²) in [4.78, 5) is 0. The molecule has 0 saturated carbocycles. The normalized spacial score (nSPS) is 14.0. The van der Waals surface area contributed by atoms with Crippen LogP contribution in [-0.4, -0.2) is 14.0 Å². The van der Waals surface area contributed by atoms with Crippen LogP contribution in [0, 0.1) is 5.92 Å². The highest BCUT2D eigenvalue weighted by Crippen LogP contribution is 2.26. The molecule has 0 spiro atoms. The van der Waals surface area contributed by atoms with E-state index in [1.54, 1.807) is 0 Å². The zero-order valence-corrected chi connectivity index (χ0v) is 9.42. The second-order valence-electron chi connectivity index (χ2n) is 4.55. The predicted octanol–water partition coefficient (Wildman–Crippen LogP) is 3.47. The van der Waals surface area contributed by atoms with Gasteiger partial charge in [0.1, 0.15) is 0 Å². The van der Waals surface area contributed by atoms with Gasteiger partial charge in [-0.3, -0.25) is 0 Å². The molecule has 2 heteroatoms. The van der Waals surface area contributed by atoms with Crippen LogP contribution in [0.2, 0.25) is 11.6 Å². The Labute approximate surface area is 78.0 Å². The van der Waals surface area contributed by atoms with Crippen LogP contribution in [0.4, 0.5) is 0 Å². The predicted molar refractivity (Wildman–Crippen MR) is 56.7 cm³/mol. The van der Waals surface area contributed by atoms with Gasteiger partial charge in [0.05, 0.1) is 0 Å². The van der Waals surface area contributed by atoms with Crippen molar-refractivity contribution in [2.24, 2.45) is 5.92 Å². The summed E-state index contributed by atoms with van der Waals surface area (Å²) in [5.41, 5.74) is 0. The second kappa shape index (κ2) is 5.63. The molecule has 1 nitrogen and oxygen atoms in total. The largest absolute Gasteiger partial charge is 0.438 e. The lowest BCUT2D eigenvalue weighted by atomic mass is 9.47. The molecule has 0 aliphatic rings. The first-order valence-corrected chi connectivity index (χ1v) is 5.01. The Kier molecular flexibility index (Phi) is 5.64. The van der Waals surface area contributed by atoms with Crippen molar-refractivity contribution in [3.63, 3.8) is 0 Å². The molecule has 0 heterocycles. The maximum Gasteiger partial charge on any atom is 0.298 e. The van der Waals surface area contributed by atoms with E-state index in [0.29, 0.717) is 18.6 Å². The van der Waals surface area contributed by atoms with Gasteiger partial charge in [-0.25, -0.2) is 0 Å². The third kappa shape index (κ3) is 4.15. The highest BCUT2D eigenvalue weighted by atomic mass is 16.4. The average Bonchev–Trinajstić information content (AvgIpc) is 1.85. The van der Waals surface area contributed by atoms with Crippen molar-refractivity contribution in [2.45, 2.75) is 52.7 Å². The van der Waals surface area contributed by atoms with Gasteiger partial charge in [-0.15, -0.1) is 0 Å². The number of hydrogen-bond acceptors (Lipinski definition) is 1. The Morgan fingerprint density at radius 2 is 1.58 bits per heavy atom. The standard InChI is InChI=1S/C10H23BO/c1-8(2)7-10(5)11(12-6)9(3)4/h8-10H,7H2,1-6H3. The quantitative estimate of drug-likeness (QED) is 0.574. The van der Waals surface area contributed by atoms with E-state index in [0.717, 1.165) is 5.92 Å². The molecule has 0 aliphatic carbocycles. The van der Waals surface area contributed by atoms with Crippen molar-refractivity contribution in [1.29, 1.82) is 0 Å². The van der Waals surface area contributed by atoms with Crippen LogP contribution in [0.5, 0.6) is 0 Å². The monoisotopic (exact) mass is 170 g/mol. The van der Waals surface area contributed by atoms with E-state index in [1.165, 1.54) is 6.42 Å². The van der Waals surface area contributed by atoms with Crippen LogP contribution in [0.3, 0.4) is 0 Å². The maximum atomic E-state index is 5.47. The molecule has 0 amide bonds. The highest BCUT2D eigenvalue weighted by molar-refractivity contribution is 6.55. The van der Waals surface area contributed by atoms with Gasteiger partial charge in [0.2, 0.25) is 0 Å². The van der Waals surface area contributed by atoms with Crippen LogP contribution in [0.15, 0.2) is 0 Å². The van der Waals surface area contributed by atoms with Crippen molar-refractivity contribution in [3.05, 3.63) is 0 Å². The van der Waals surface area contributed by atoms with Crippen LogP contribution in [0.1, 0.15) is 41.0 Å². The van der Waals surface area contributed by atoms with Crippen LogP contribution in [0.25, 0.3) is 0 Å². The Morgan fingerprint density at radius 1 is 1.08 bits per heavy atom. The molecule has 0 N–H and O–H groups in total. The van der Waals surface area contributed by atoms with E-state index in [4.69, 9.17) is 4.65 Å². The van der Waals surface area contributed by atoms with E-state index in [2.05, 4.69) is 34.6 Å². The highest BCUT2D eigenvalue weighted by Gasteiger charge is 2.26. The van der Waals surface area contributed by atoms with Crippen molar-refractivity contribution in [3.8, 4) is 0 Å². The molecule has 72 valence electrons. The summed E-state index contributed by atoms with van der Waals surface area (Å²) in [6, 6.07) is 0. The molecule has 0 aliphatic heterocycles. The van der Waals surface area contributed by atoms with E-state index in [1.807, 2.05) is 7.11 Å². The molecule has 0 fully saturated rings. The van der Waals surface area contributed by atoms with E-state index in [9.17, 15) is 0 Å². The molecular weight excluding hydrogens is 147 g/mol. The zero-order valence-electron chi connectivity index (χ0n) is 9.42. The Balaban J connectivity index is 3.94. The third-order valence-electron chi connectivity index (χ3n) is 2.33. The summed E-state index contributed by atoms with van der Waals surface area (Å²) < 4.78 is 5.47. The van der Waals surface area contributed by atoms with Crippen LogP contribution >= 0.6 is 0 Å². The SMILES string of the molecule is COB(C(C)C)C(C)CC(C)C. The Bertz CT molecular complexity index is 112. The molecule has 0 aromatic heterocycles. The molecule has 0 bridgehead atoms. The summed E-state index contributed by atoms with van der Waals surface area (Å²) in [5, 5.41) is 0. The van der Waals surface area contributed by atoms with Crippen LogP contribution < -0.4 is 0 Å². The van der Waals surface area contributed by atoms with Gasteiger partial charge in [0, 0.05) is 7.11 Å². The zero-order chi connectivity index (χ0) is 9.72. The first-order chi connectivity index (χ1) is 5.49. The molecule has 0 saturated heterocycles. The Hall–Kier alpha value is 0.0249. The van der Waals surface area contributed by atoms with E-state index < -0.39 is 0 Å². The fourth-order valence-electron chi connectivity index (χ4n) is 2.04. The maximum absolute atomic E-state index is 5.47. The molecule has 1 atom stereocenters. The lowest BCUT2D eigenvalue weighted by Crippen LogP contribution is -2.26.